The molecule has 3 nitrogen and oxygen atoms in total. The second-order valence-electron chi connectivity index (χ2n) is 5.94. The molecule has 0 bridgehead atoms. The van der Waals surface area contributed by atoms with Crippen LogP contribution in [0.25, 0.3) is 0 Å². The Labute approximate surface area is 106 Å². The van der Waals surface area contributed by atoms with Crippen LogP contribution in [0.1, 0.15) is 39.5 Å². The molecule has 2 aliphatic rings. The minimum absolute atomic E-state index is 0.378. The Hall–Kier alpha value is -0.120. The first-order chi connectivity index (χ1) is 8.20. The average molecular weight is 240 g/mol. The summed E-state index contributed by atoms with van der Waals surface area (Å²) < 4.78 is 5.27. The van der Waals surface area contributed by atoms with Gasteiger partial charge in [0.15, 0.2) is 0 Å². The van der Waals surface area contributed by atoms with E-state index in [-0.39, 0.29) is 0 Å². The topological polar surface area (TPSA) is 24.5 Å². The molecule has 1 heterocycles. The van der Waals surface area contributed by atoms with Crippen molar-refractivity contribution in [1.82, 2.24) is 10.2 Å². The van der Waals surface area contributed by atoms with Gasteiger partial charge >= 0.3 is 0 Å². The SMILES string of the molecule is CCCC1CN(CCOC)C(C)(C2CC2)CN1. The number of ether oxygens (including phenoxy) is 1. The second kappa shape index (κ2) is 5.68. The van der Waals surface area contributed by atoms with Crippen molar-refractivity contribution in [3.05, 3.63) is 0 Å². The summed E-state index contributed by atoms with van der Waals surface area (Å²) in [4.78, 5) is 2.69. The first-order valence-electron chi connectivity index (χ1n) is 7.18. The van der Waals surface area contributed by atoms with Crippen LogP contribution in [0.3, 0.4) is 0 Å². The molecule has 0 spiro atoms. The summed E-state index contributed by atoms with van der Waals surface area (Å²) in [6, 6.07) is 0.684. The monoisotopic (exact) mass is 240 g/mol. The molecular weight excluding hydrogens is 212 g/mol. The zero-order valence-corrected chi connectivity index (χ0v) is 11.7. The Bertz CT molecular complexity index is 242. The molecule has 2 atom stereocenters. The summed E-state index contributed by atoms with van der Waals surface area (Å²) in [5, 5.41) is 3.76. The van der Waals surface area contributed by atoms with Crippen molar-refractivity contribution in [1.29, 1.82) is 0 Å². The molecule has 17 heavy (non-hydrogen) atoms. The molecule has 2 unspecified atom stereocenters. The summed E-state index contributed by atoms with van der Waals surface area (Å²) in [7, 11) is 1.81. The number of rotatable bonds is 6. The maximum Gasteiger partial charge on any atom is 0.0589 e. The Kier molecular flexibility index (Phi) is 4.45. The molecule has 0 aromatic carbocycles. The smallest absolute Gasteiger partial charge is 0.0589 e. The maximum absolute atomic E-state index is 5.27. The molecule has 3 heteroatoms. The van der Waals surface area contributed by atoms with Gasteiger partial charge in [0.05, 0.1) is 6.61 Å². The van der Waals surface area contributed by atoms with Gasteiger partial charge in [-0.1, -0.05) is 13.3 Å². The lowest BCUT2D eigenvalue weighted by atomic mass is 9.89. The number of hydrogen-bond acceptors (Lipinski definition) is 3. The average Bonchev–Trinajstić information content (AvgIpc) is 3.14. The molecule has 0 radical (unpaired) electrons. The molecule has 1 aliphatic heterocycles. The highest BCUT2D eigenvalue weighted by molar-refractivity contribution is 5.04. The lowest BCUT2D eigenvalue weighted by Crippen LogP contribution is -2.64. The summed E-state index contributed by atoms with van der Waals surface area (Å²) in [6.07, 6.45) is 5.40. The minimum Gasteiger partial charge on any atom is -0.383 e. The summed E-state index contributed by atoms with van der Waals surface area (Å²) in [6.45, 7) is 9.02. The summed E-state index contributed by atoms with van der Waals surface area (Å²) in [5.74, 6) is 0.912. The van der Waals surface area contributed by atoms with E-state index < -0.39 is 0 Å². The van der Waals surface area contributed by atoms with Crippen LogP contribution >= 0.6 is 0 Å². The van der Waals surface area contributed by atoms with Crippen LogP contribution in [0.2, 0.25) is 0 Å². The molecule has 1 N–H and O–H groups in total. The molecule has 0 aromatic rings. The van der Waals surface area contributed by atoms with E-state index in [4.69, 9.17) is 4.74 Å². The molecule has 2 fully saturated rings. The number of hydrogen-bond donors (Lipinski definition) is 1. The number of nitrogens with zero attached hydrogens (tertiary/aromatic N) is 1. The molecule has 1 saturated heterocycles. The second-order valence-corrected chi connectivity index (χ2v) is 5.94. The van der Waals surface area contributed by atoms with Gasteiger partial charge in [0.25, 0.3) is 0 Å². The van der Waals surface area contributed by atoms with Gasteiger partial charge in [0, 0.05) is 38.3 Å². The van der Waals surface area contributed by atoms with E-state index in [1.54, 1.807) is 7.11 Å². The fourth-order valence-electron chi connectivity index (χ4n) is 3.20. The van der Waals surface area contributed by atoms with Crippen molar-refractivity contribution >= 4 is 0 Å². The van der Waals surface area contributed by atoms with E-state index in [0.29, 0.717) is 11.6 Å². The molecule has 0 aromatic heterocycles. The van der Waals surface area contributed by atoms with Crippen molar-refractivity contribution < 1.29 is 4.74 Å². The standard InChI is InChI=1S/C14H28N2O/c1-4-5-13-10-16(8-9-17-3)14(2,11-15-13)12-6-7-12/h12-13,15H,4-11H2,1-3H3. The van der Waals surface area contributed by atoms with Crippen LogP contribution in [0.15, 0.2) is 0 Å². The third kappa shape index (κ3) is 3.01. The summed E-state index contributed by atoms with van der Waals surface area (Å²) in [5.41, 5.74) is 0.378. The molecule has 2 rings (SSSR count). The fourth-order valence-corrected chi connectivity index (χ4v) is 3.20. The van der Waals surface area contributed by atoms with Gasteiger partial charge in [-0.15, -0.1) is 0 Å². The van der Waals surface area contributed by atoms with Gasteiger partial charge in [0.2, 0.25) is 0 Å². The van der Waals surface area contributed by atoms with E-state index in [0.717, 1.165) is 25.6 Å². The Balaban J connectivity index is 1.96. The van der Waals surface area contributed by atoms with Gasteiger partial charge in [-0.3, -0.25) is 4.90 Å². The molecular formula is C14H28N2O. The quantitative estimate of drug-likeness (QED) is 0.767. The van der Waals surface area contributed by atoms with Crippen LogP contribution in [0.5, 0.6) is 0 Å². The van der Waals surface area contributed by atoms with Gasteiger partial charge in [-0.25, -0.2) is 0 Å². The third-order valence-corrected chi connectivity index (χ3v) is 4.57. The third-order valence-electron chi connectivity index (χ3n) is 4.57. The van der Waals surface area contributed by atoms with E-state index in [1.165, 1.54) is 32.2 Å². The van der Waals surface area contributed by atoms with Crippen LogP contribution in [-0.4, -0.2) is 49.8 Å². The number of methoxy groups -OCH3 is 1. The maximum atomic E-state index is 5.27. The molecule has 100 valence electrons. The van der Waals surface area contributed by atoms with Crippen LogP contribution in [0.4, 0.5) is 0 Å². The van der Waals surface area contributed by atoms with Crippen LogP contribution in [-0.2, 0) is 4.74 Å². The minimum atomic E-state index is 0.378. The zero-order chi connectivity index (χ0) is 12.3. The first-order valence-corrected chi connectivity index (χ1v) is 7.18. The first kappa shape index (κ1) is 13.3. The van der Waals surface area contributed by atoms with Crippen molar-refractivity contribution in [3.63, 3.8) is 0 Å². The molecule has 0 amide bonds. The van der Waals surface area contributed by atoms with E-state index >= 15 is 0 Å². The van der Waals surface area contributed by atoms with Crippen molar-refractivity contribution in [2.24, 2.45) is 5.92 Å². The zero-order valence-electron chi connectivity index (χ0n) is 11.7. The van der Waals surface area contributed by atoms with Gasteiger partial charge < -0.3 is 10.1 Å². The van der Waals surface area contributed by atoms with Crippen molar-refractivity contribution in [3.8, 4) is 0 Å². The Morgan fingerprint density at radius 1 is 1.41 bits per heavy atom. The number of nitrogens with one attached hydrogen (secondary N) is 1. The van der Waals surface area contributed by atoms with Crippen molar-refractivity contribution in [2.45, 2.75) is 51.1 Å². The molecule has 1 aliphatic carbocycles. The van der Waals surface area contributed by atoms with Gasteiger partial charge in [-0.05, 0) is 32.1 Å². The lowest BCUT2D eigenvalue weighted by molar-refractivity contribution is 0.0137. The van der Waals surface area contributed by atoms with Crippen LogP contribution in [0, 0.1) is 5.92 Å². The highest BCUT2D eigenvalue weighted by Gasteiger charge is 2.47. The highest BCUT2D eigenvalue weighted by atomic mass is 16.5. The predicted octanol–water partition coefficient (Wildman–Crippen LogP) is 1.88. The van der Waals surface area contributed by atoms with Crippen LogP contribution < -0.4 is 5.32 Å². The fraction of sp³-hybridized carbons (Fsp3) is 1.00. The molecule has 1 saturated carbocycles. The largest absolute Gasteiger partial charge is 0.383 e. The normalized spacial score (nSPS) is 35.1. The predicted molar refractivity (Wildman–Crippen MR) is 71.3 cm³/mol. The Morgan fingerprint density at radius 2 is 2.18 bits per heavy atom. The van der Waals surface area contributed by atoms with Gasteiger partial charge in [0.1, 0.15) is 0 Å². The van der Waals surface area contributed by atoms with Crippen molar-refractivity contribution in [2.75, 3.05) is 33.4 Å². The summed E-state index contributed by atoms with van der Waals surface area (Å²) >= 11 is 0. The Morgan fingerprint density at radius 3 is 2.76 bits per heavy atom. The van der Waals surface area contributed by atoms with Gasteiger partial charge in [-0.2, -0.15) is 0 Å². The van der Waals surface area contributed by atoms with E-state index in [9.17, 15) is 0 Å². The lowest BCUT2D eigenvalue weighted by Gasteiger charge is -2.48. The number of piperazine rings is 1. The highest BCUT2D eigenvalue weighted by Crippen LogP contribution is 2.43. The van der Waals surface area contributed by atoms with E-state index in [2.05, 4.69) is 24.1 Å². The van der Waals surface area contributed by atoms with E-state index in [1.807, 2.05) is 0 Å².